The van der Waals surface area contributed by atoms with Crippen molar-refractivity contribution in [2.75, 3.05) is 6.54 Å². The fraction of sp³-hybridized carbons (Fsp3) is 0.238. The van der Waals surface area contributed by atoms with E-state index in [-0.39, 0.29) is 11.9 Å². The molecular formula is C21H23N3O. The van der Waals surface area contributed by atoms with E-state index in [1.165, 1.54) is 11.6 Å². The lowest BCUT2D eigenvalue weighted by Gasteiger charge is -2.18. The van der Waals surface area contributed by atoms with Crippen molar-refractivity contribution < 1.29 is 4.79 Å². The zero-order valence-electron chi connectivity index (χ0n) is 14.5. The highest BCUT2D eigenvalue weighted by Gasteiger charge is 2.16. The second-order valence-electron chi connectivity index (χ2n) is 6.07. The zero-order valence-corrected chi connectivity index (χ0v) is 14.5. The molecule has 0 bridgehead atoms. The van der Waals surface area contributed by atoms with Crippen LogP contribution in [0.5, 0.6) is 0 Å². The van der Waals surface area contributed by atoms with Gasteiger partial charge >= 0.3 is 0 Å². The number of hydrogen-bond donors (Lipinski definition) is 1. The van der Waals surface area contributed by atoms with Crippen LogP contribution in [0.4, 0.5) is 0 Å². The molecule has 0 saturated carbocycles. The fourth-order valence-corrected chi connectivity index (χ4v) is 3.11. The minimum atomic E-state index is -0.133. The molecule has 1 amide bonds. The van der Waals surface area contributed by atoms with Gasteiger partial charge in [0, 0.05) is 13.0 Å². The van der Waals surface area contributed by atoms with Gasteiger partial charge in [-0.05, 0) is 37.1 Å². The van der Waals surface area contributed by atoms with Crippen molar-refractivity contribution in [1.82, 2.24) is 14.9 Å². The Kier molecular flexibility index (Phi) is 5.29. The summed E-state index contributed by atoms with van der Waals surface area (Å²) in [5, 5.41) is 2.82. The van der Waals surface area contributed by atoms with Gasteiger partial charge in [0.15, 0.2) is 0 Å². The van der Waals surface area contributed by atoms with E-state index in [1.54, 1.807) is 0 Å². The summed E-state index contributed by atoms with van der Waals surface area (Å²) in [5.41, 5.74) is 3.41. The van der Waals surface area contributed by atoms with E-state index in [0.29, 0.717) is 6.54 Å². The molecule has 4 nitrogen and oxygen atoms in total. The minimum Gasteiger partial charge on any atom is -0.353 e. The Morgan fingerprint density at radius 3 is 2.68 bits per heavy atom. The zero-order chi connectivity index (χ0) is 17.6. The highest BCUT2D eigenvalue weighted by Crippen LogP contribution is 2.26. The van der Waals surface area contributed by atoms with Crippen molar-refractivity contribution in [2.24, 2.45) is 0 Å². The fourth-order valence-electron chi connectivity index (χ4n) is 3.11. The molecule has 0 spiro atoms. The lowest BCUT2D eigenvalue weighted by atomic mass is 10.1. The van der Waals surface area contributed by atoms with Gasteiger partial charge in [-0.3, -0.25) is 4.79 Å². The van der Waals surface area contributed by atoms with Gasteiger partial charge in [-0.15, -0.1) is 0 Å². The van der Waals surface area contributed by atoms with Crippen LogP contribution >= 0.6 is 0 Å². The van der Waals surface area contributed by atoms with Gasteiger partial charge in [-0.2, -0.15) is 0 Å². The van der Waals surface area contributed by atoms with Gasteiger partial charge < -0.3 is 9.88 Å². The molecule has 0 aliphatic heterocycles. The number of aromatic nitrogens is 2. The summed E-state index contributed by atoms with van der Waals surface area (Å²) in [4.78, 5) is 16.1. The second kappa shape index (κ2) is 7.79. The predicted octanol–water partition coefficient (Wildman–Crippen LogP) is 3.88. The van der Waals surface area contributed by atoms with Crippen molar-refractivity contribution in [1.29, 1.82) is 0 Å². The van der Waals surface area contributed by atoms with Crippen LogP contribution in [-0.2, 0) is 11.2 Å². The Bertz CT molecular complexity index is 867. The molecule has 0 aliphatic carbocycles. The maximum absolute atomic E-state index is 11.3. The van der Waals surface area contributed by atoms with E-state index in [0.717, 1.165) is 29.7 Å². The van der Waals surface area contributed by atoms with Crippen LogP contribution < -0.4 is 5.32 Å². The summed E-state index contributed by atoms with van der Waals surface area (Å²) in [5.74, 6) is 0.913. The van der Waals surface area contributed by atoms with Crippen molar-refractivity contribution >= 4 is 16.9 Å². The van der Waals surface area contributed by atoms with E-state index >= 15 is 0 Å². The third-order valence-corrected chi connectivity index (χ3v) is 4.40. The first-order valence-electron chi connectivity index (χ1n) is 8.61. The molecule has 1 unspecified atom stereocenters. The normalized spacial score (nSPS) is 12.0. The predicted molar refractivity (Wildman–Crippen MR) is 102 cm³/mol. The molecule has 1 aromatic heterocycles. The summed E-state index contributed by atoms with van der Waals surface area (Å²) in [7, 11) is 0. The molecule has 4 heteroatoms. The van der Waals surface area contributed by atoms with Crippen LogP contribution in [0.1, 0.15) is 30.8 Å². The molecule has 1 heterocycles. The monoisotopic (exact) mass is 333 g/mol. The highest BCUT2D eigenvalue weighted by molar-refractivity contribution is 5.86. The molecular weight excluding hydrogens is 310 g/mol. The van der Waals surface area contributed by atoms with Crippen LogP contribution in [0.25, 0.3) is 11.0 Å². The van der Waals surface area contributed by atoms with Gasteiger partial charge in [-0.1, -0.05) is 49.0 Å². The molecule has 0 aliphatic rings. The quantitative estimate of drug-likeness (QED) is 0.527. The van der Waals surface area contributed by atoms with E-state index < -0.39 is 0 Å². The van der Waals surface area contributed by atoms with E-state index in [4.69, 9.17) is 4.98 Å². The molecule has 128 valence electrons. The number of benzene rings is 2. The summed E-state index contributed by atoms with van der Waals surface area (Å²) >= 11 is 0. The Balaban J connectivity index is 1.87. The molecule has 2 aromatic carbocycles. The molecule has 3 aromatic rings. The summed E-state index contributed by atoms with van der Waals surface area (Å²) in [6.45, 7) is 6.29. The average molecular weight is 333 g/mol. The number of carbonyl (C=O) groups excluding carboxylic acids is 1. The third-order valence-electron chi connectivity index (χ3n) is 4.40. The Labute approximate surface area is 148 Å². The number of nitrogens with one attached hydrogen (secondary N) is 1. The average Bonchev–Trinajstić information content (AvgIpc) is 3.03. The van der Waals surface area contributed by atoms with Crippen molar-refractivity contribution in [2.45, 2.75) is 25.8 Å². The number of fused-ring (bicyclic) bond motifs is 1. The maximum atomic E-state index is 11.3. The number of nitrogens with zero attached hydrogens (tertiary/aromatic N) is 2. The van der Waals surface area contributed by atoms with Gasteiger partial charge in [0.2, 0.25) is 5.91 Å². The van der Waals surface area contributed by atoms with Gasteiger partial charge in [-0.25, -0.2) is 4.98 Å². The van der Waals surface area contributed by atoms with Crippen LogP contribution in [0.3, 0.4) is 0 Å². The van der Waals surface area contributed by atoms with Crippen LogP contribution in [0.2, 0.25) is 0 Å². The molecule has 0 fully saturated rings. The van der Waals surface area contributed by atoms with Crippen LogP contribution in [0, 0.1) is 0 Å². The van der Waals surface area contributed by atoms with Crippen molar-refractivity contribution in [3.63, 3.8) is 0 Å². The van der Waals surface area contributed by atoms with Crippen molar-refractivity contribution in [3.8, 4) is 0 Å². The van der Waals surface area contributed by atoms with Gasteiger partial charge in [0.1, 0.15) is 5.82 Å². The van der Waals surface area contributed by atoms with Gasteiger partial charge in [0.05, 0.1) is 17.1 Å². The van der Waals surface area contributed by atoms with Gasteiger partial charge in [0.25, 0.3) is 0 Å². The van der Waals surface area contributed by atoms with E-state index in [1.807, 2.05) is 24.3 Å². The molecule has 1 N–H and O–H groups in total. The van der Waals surface area contributed by atoms with E-state index in [9.17, 15) is 4.79 Å². The van der Waals surface area contributed by atoms with Crippen LogP contribution in [0.15, 0.2) is 67.3 Å². The Morgan fingerprint density at radius 2 is 1.92 bits per heavy atom. The number of amides is 1. The topological polar surface area (TPSA) is 46.9 Å². The molecule has 3 rings (SSSR count). The molecule has 0 radical (unpaired) electrons. The summed E-state index contributed by atoms with van der Waals surface area (Å²) in [6.07, 6.45) is 2.94. The molecule has 1 atom stereocenters. The second-order valence-corrected chi connectivity index (χ2v) is 6.07. The number of para-hydroxylation sites is 2. The molecule has 25 heavy (non-hydrogen) atoms. The number of aryl methyl sites for hydroxylation is 1. The van der Waals surface area contributed by atoms with Crippen molar-refractivity contribution in [3.05, 3.63) is 78.6 Å². The maximum Gasteiger partial charge on any atom is 0.243 e. The van der Waals surface area contributed by atoms with E-state index in [2.05, 4.69) is 53.7 Å². The largest absolute Gasteiger partial charge is 0.353 e. The number of hydrogen-bond acceptors (Lipinski definition) is 2. The lowest BCUT2D eigenvalue weighted by Crippen LogP contribution is -2.22. The Morgan fingerprint density at radius 1 is 1.20 bits per heavy atom. The first-order chi connectivity index (χ1) is 12.2. The minimum absolute atomic E-state index is 0.133. The standard InChI is InChI=1S/C21H23N3O/c1-3-21(25)22-15-9-14-20-23-18-12-7-8-13-19(18)24(20)16(2)17-10-5-4-6-11-17/h3-8,10-13,16H,1,9,14-15H2,2H3,(H,22,25). The SMILES string of the molecule is C=CC(=O)NCCCc1nc2ccccc2n1C(C)c1ccccc1. The number of carbonyl (C=O) groups is 1. The first kappa shape index (κ1) is 17.0. The number of rotatable bonds is 7. The first-order valence-corrected chi connectivity index (χ1v) is 8.61. The summed E-state index contributed by atoms with van der Waals surface area (Å²) in [6, 6.07) is 18.9. The smallest absolute Gasteiger partial charge is 0.243 e. The molecule has 0 saturated heterocycles. The summed E-state index contributed by atoms with van der Waals surface area (Å²) < 4.78 is 2.31. The Hall–Kier alpha value is -2.88. The third kappa shape index (κ3) is 3.79. The van der Waals surface area contributed by atoms with Crippen LogP contribution in [-0.4, -0.2) is 22.0 Å². The lowest BCUT2D eigenvalue weighted by molar-refractivity contribution is -0.116. The number of imidazole rings is 1. The highest BCUT2D eigenvalue weighted by atomic mass is 16.1.